The topological polar surface area (TPSA) is 33.2 Å². The Labute approximate surface area is 146 Å². The smallest absolute Gasteiger partial charge is 0.261 e. The highest BCUT2D eigenvalue weighted by Crippen LogP contribution is 2.31. The molecule has 118 valence electrons. The second kappa shape index (κ2) is 6.43. The Bertz CT molecular complexity index is 864. The molecule has 3 rings (SSSR count). The van der Waals surface area contributed by atoms with Crippen molar-refractivity contribution >= 4 is 55.8 Å². The molecule has 0 saturated heterocycles. The summed E-state index contributed by atoms with van der Waals surface area (Å²) in [5.41, 5.74) is 0.877. The van der Waals surface area contributed by atoms with Gasteiger partial charge in [0.05, 0.1) is 25.8 Å². The maximum absolute atomic E-state index is 13.7. The number of carbonyl (C=O) groups excluding carboxylic acids is 1. The van der Waals surface area contributed by atoms with Gasteiger partial charge in [-0.2, -0.15) is 0 Å². The highest BCUT2D eigenvalue weighted by atomic mass is 35.5. The summed E-state index contributed by atoms with van der Waals surface area (Å²) >= 11 is 13.1. The molecule has 0 bridgehead atoms. The number of aromatic nitrogens is 1. The predicted molar refractivity (Wildman–Crippen MR) is 93.4 cm³/mol. The van der Waals surface area contributed by atoms with Crippen molar-refractivity contribution in [3.05, 3.63) is 57.8 Å². The molecular weight excluding hydrogens is 358 g/mol. The van der Waals surface area contributed by atoms with Crippen molar-refractivity contribution in [1.29, 1.82) is 0 Å². The lowest BCUT2D eigenvalue weighted by Gasteiger charge is -2.18. The van der Waals surface area contributed by atoms with Crippen LogP contribution in [0.1, 0.15) is 17.3 Å². The number of rotatable bonds is 3. The number of benzene rings is 2. The predicted octanol–water partition coefficient (Wildman–Crippen LogP) is 5.41. The van der Waals surface area contributed by atoms with Gasteiger partial charge in [-0.25, -0.2) is 9.37 Å². The fraction of sp³-hybridized carbons (Fsp3) is 0.125. The Morgan fingerprint density at radius 3 is 2.70 bits per heavy atom. The third-order valence-electron chi connectivity index (χ3n) is 3.32. The van der Waals surface area contributed by atoms with Gasteiger partial charge in [-0.3, -0.25) is 9.69 Å². The molecule has 0 radical (unpaired) electrons. The van der Waals surface area contributed by atoms with E-state index in [0.717, 1.165) is 16.3 Å². The van der Waals surface area contributed by atoms with E-state index in [9.17, 15) is 9.18 Å². The first-order chi connectivity index (χ1) is 11.0. The molecule has 0 aliphatic carbocycles. The SMILES string of the molecule is CCN(C(=O)c1cc(F)c(Cl)cc1Cl)c1nc2ccccc2s1. The zero-order chi connectivity index (χ0) is 16.6. The summed E-state index contributed by atoms with van der Waals surface area (Å²) in [6.45, 7) is 2.21. The van der Waals surface area contributed by atoms with Crippen LogP contribution >= 0.6 is 34.5 Å². The Morgan fingerprint density at radius 2 is 2.00 bits per heavy atom. The molecule has 23 heavy (non-hydrogen) atoms. The summed E-state index contributed by atoms with van der Waals surface area (Å²) in [5.74, 6) is -1.09. The van der Waals surface area contributed by atoms with Crippen LogP contribution < -0.4 is 4.90 Å². The molecule has 0 spiro atoms. The molecule has 0 N–H and O–H groups in total. The molecule has 3 nitrogen and oxygen atoms in total. The van der Waals surface area contributed by atoms with Gasteiger partial charge in [0.2, 0.25) is 0 Å². The van der Waals surface area contributed by atoms with Gasteiger partial charge in [-0.15, -0.1) is 0 Å². The quantitative estimate of drug-likeness (QED) is 0.579. The van der Waals surface area contributed by atoms with Crippen molar-refractivity contribution in [1.82, 2.24) is 4.98 Å². The van der Waals surface area contributed by atoms with Crippen molar-refractivity contribution < 1.29 is 9.18 Å². The molecule has 7 heteroatoms. The molecule has 1 aromatic heterocycles. The Kier molecular flexibility index (Phi) is 4.53. The minimum atomic E-state index is -0.681. The molecule has 0 aliphatic heterocycles. The highest BCUT2D eigenvalue weighted by molar-refractivity contribution is 7.22. The van der Waals surface area contributed by atoms with E-state index in [4.69, 9.17) is 23.2 Å². The van der Waals surface area contributed by atoms with E-state index in [1.165, 1.54) is 22.3 Å². The van der Waals surface area contributed by atoms with Crippen LogP contribution in [0, 0.1) is 5.82 Å². The maximum Gasteiger partial charge on any atom is 0.261 e. The standard InChI is InChI=1S/C16H11Cl2FN2OS/c1-2-21(16-20-13-5-3-4-6-14(13)23-16)15(22)9-7-12(19)11(18)8-10(9)17/h3-8H,2H2,1H3. The zero-order valence-electron chi connectivity index (χ0n) is 12.0. The van der Waals surface area contributed by atoms with Crippen molar-refractivity contribution in [3.63, 3.8) is 0 Å². The summed E-state index contributed by atoms with van der Waals surface area (Å²) in [6.07, 6.45) is 0. The van der Waals surface area contributed by atoms with Crippen LogP contribution in [0.4, 0.5) is 9.52 Å². The van der Waals surface area contributed by atoms with Crippen molar-refractivity contribution in [2.24, 2.45) is 0 Å². The van der Waals surface area contributed by atoms with Crippen molar-refractivity contribution in [2.75, 3.05) is 11.4 Å². The number of para-hydroxylation sites is 1. The summed E-state index contributed by atoms with van der Waals surface area (Å²) in [6, 6.07) is 9.90. The molecule has 0 saturated carbocycles. The van der Waals surface area contributed by atoms with Crippen LogP contribution in [0.5, 0.6) is 0 Å². The monoisotopic (exact) mass is 368 g/mol. The largest absolute Gasteiger partial charge is 0.284 e. The molecule has 0 unspecified atom stereocenters. The zero-order valence-corrected chi connectivity index (χ0v) is 14.3. The molecule has 0 fully saturated rings. The maximum atomic E-state index is 13.7. The molecule has 3 aromatic rings. The first-order valence-corrected chi connectivity index (χ1v) is 8.40. The van der Waals surface area contributed by atoms with Crippen LogP contribution in [0.2, 0.25) is 10.0 Å². The van der Waals surface area contributed by atoms with E-state index >= 15 is 0 Å². The molecule has 1 heterocycles. The van der Waals surface area contributed by atoms with E-state index in [1.54, 1.807) is 0 Å². The number of hydrogen-bond acceptors (Lipinski definition) is 3. The third-order valence-corrected chi connectivity index (χ3v) is 4.98. The number of hydrogen-bond donors (Lipinski definition) is 0. The summed E-state index contributed by atoms with van der Waals surface area (Å²) in [7, 11) is 0. The molecule has 0 aliphatic rings. The number of halogens is 3. The van der Waals surface area contributed by atoms with Gasteiger partial charge >= 0.3 is 0 Å². The lowest BCUT2D eigenvalue weighted by molar-refractivity contribution is 0.0988. The molecule has 0 atom stereocenters. The Morgan fingerprint density at radius 1 is 1.26 bits per heavy atom. The van der Waals surface area contributed by atoms with Gasteiger partial charge in [0.1, 0.15) is 5.82 Å². The minimum absolute atomic E-state index is 0.0645. The van der Waals surface area contributed by atoms with Gasteiger partial charge < -0.3 is 0 Å². The number of thiazole rings is 1. The van der Waals surface area contributed by atoms with E-state index in [0.29, 0.717) is 11.7 Å². The van der Waals surface area contributed by atoms with E-state index in [-0.39, 0.29) is 15.6 Å². The Hall–Kier alpha value is -1.69. The number of nitrogens with zero attached hydrogens (tertiary/aromatic N) is 2. The van der Waals surface area contributed by atoms with Crippen molar-refractivity contribution in [2.45, 2.75) is 6.92 Å². The third kappa shape index (κ3) is 3.04. The lowest BCUT2D eigenvalue weighted by Crippen LogP contribution is -2.30. The van der Waals surface area contributed by atoms with Crippen molar-refractivity contribution in [3.8, 4) is 0 Å². The summed E-state index contributed by atoms with van der Waals surface area (Å²) in [5, 5.41) is 0.542. The van der Waals surface area contributed by atoms with Gasteiger partial charge in [-0.1, -0.05) is 46.7 Å². The fourth-order valence-electron chi connectivity index (χ4n) is 2.17. The van der Waals surface area contributed by atoms with E-state index in [1.807, 2.05) is 31.2 Å². The molecule has 2 aromatic carbocycles. The number of carbonyl (C=O) groups is 1. The van der Waals surface area contributed by atoms with Gasteiger partial charge in [-0.05, 0) is 31.2 Å². The first-order valence-electron chi connectivity index (χ1n) is 6.83. The van der Waals surface area contributed by atoms with Crippen LogP contribution in [0.25, 0.3) is 10.2 Å². The fourth-order valence-corrected chi connectivity index (χ4v) is 3.66. The first kappa shape index (κ1) is 16.2. The van der Waals surface area contributed by atoms with Gasteiger partial charge in [0.25, 0.3) is 5.91 Å². The number of amides is 1. The van der Waals surface area contributed by atoms with Crippen LogP contribution in [-0.2, 0) is 0 Å². The van der Waals surface area contributed by atoms with Crippen LogP contribution in [0.3, 0.4) is 0 Å². The highest BCUT2D eigenvalue weighted by Gasteiger charge is 2.23. The van der Waals surface area contributed by atoms with Crippen LogP contribution in [-0.4, -0.2) is 17.4 Å². The molecule has 1 amide bonds. The second-order valence-electron chi connectivity index (χ2n) is 4.76. The van der Waals surface area contributed by atoms with Gasteiger partial charge in [0.15, 0.2) is 5.13 Å². The average molecular weight is 369 g/mol. The van der Waals surface area contributed by atoms with E-state index < -0.39 is 11.7 Å². The van der Waals surface area contributed by atoms with Gasteiger partial charge in [0, 0.05) is 6.54 Å². The summed E-state index contributed by atoms with van der Waals surface area (Å²) in [4.78, 5) is 18.7. The normalized spacial score (nSPS) is 11.0. The second-order valence-corrected chi connectivity index (χ2v) is 6.58. The summed E-state index contributed by atoms with van der Waals surface area (Å²) < 4.78 is 14.7. The lowest BCUT2D eigenvalue weighted by atomic mass is 10.2. The number of anilines is 1. The average Bonchev–Trinajstić information content (AvgIpc) is 2.95. The number of fused-ring (bicyclic) bond motifs is 1. The van der Waals surface area contributed by atoms with Crippen LogP contribution in [0.15, 0.2) is 36.4 Å². The van der Waals surface area contributed by atoms with E-state index in [2.05, 4.69) is 4.98 Å². The molecular formula is C16H11Cl2FN2OS. The minimum Gasteiger partial charge on any atom is -0.284 e. The Balaban J connectivity index is 2.03.